The molecule has 4 heteroatoms. The Morgan fingerprint density at radius 3 is 2.22 bits per heavy atom. The van der Waals surface area contributed by atoms with Gasteiger partial charge in [-0.05, 0) is 42.8 Å². The van der Waals surface area contributed by atoms with Gasteiger partial charge in [0.2, 0.25) is 0 Å². The van der Waals surface area contributed by atoms with Crippen molar-refractivity contribution < 1.29 is 9.59 Å². The third kappa shape index (κ3) is 2.92. The summed E-state index contributed by atoms with van der Waals surface area (Å²) in [6.45, 7) is 5.70. The smallest absolute Gasteiger partial charge is 0.186 e. The van der Waals surface area contributed by atoms with Crippen molar-refractivity contribution in [3.05, 3.63) is 76.4 Å². The van der Waals surface area contributed by atoms with Crippen molar-refractivity contribution in [2.24, 2.45) is 5.41 Å². The third-order valence-electron chi connectivity index (χ3n) is 5.17. The minimum Gasteiger partial charge on any atom is -0.306 e. The molecule has 0 spiro atoms. The first-order chi connectivity index (χ1) is 12.8. The van der Waals surface area contributed by atoms with Crippen LogP contribution in [-0.4, -0.2) is 16.1 Å². The van der Waals surface area contributed by atoms with Gasteiger partial charge in [0.1, 0.15) is 5.69 Å². The van der Waals surface area contributed by atoms with Crippen molar-refractivity contribution in [2.75, 3.05) is 0 Å². The van der Waals surface area contributed by atoms with Crippen LogP contribution in [0.4, 0.5) is 0 Å². The Bertz CT molecular complexity index is 1060. The molecular formula is C23H20ClNO2. The number of carbonyl (C=O) groups is 2. The molecule has 1 aliphatic carbocycles. The summed E-state index contributed by atoms with van der Waals surface area (Å²) in [5, 5.41) is 0.644. The molecule has 3 aromatic rings. The highest BCUT2D eigenvalue weighted by Gasteiger charge is 2.42. The SMILES string of the molecule is Cc1ccc(-n2c(-c3ccc(Cl)cc3)cc3c2C(=O)C(C)(C)CC3=O)cc1. The Labute approximate surface area is 163 Å². The van der Waals surface area contributed by atoms with Crippen LogP contribution >= 0.6 is 11.6 Å². The molecular weight excluding hydrogens is 358 g/mol. The molecule has 4 rings (SSSR count). The second-order valence-electron chi connectivity index (χ2n) is 7.78. The van der Waals surface area contributed by atoms with Crippen molar-refractivity contribution in [3.8, 4) is 16.9 Å². The number of hydrogen-bond donors (Lipinski definition) is 0. The molecule has 1 aliphatic rings. The fourth-order valence-electron chi connectivity index (χ4n) is 3.64. The number of halogens is 1. The number of fused-ring (bicyclic) bond motifs is 1. The van der Waals surface area contributed by atoms with Crippen LogP contribution in [0.5, 0.6) is 0 Å². The summed E-state index contributed by atoms with van der Waals surface area (Å²) in [5.74, 6) is 0.00793. The van der Waals surface area contributed by atoms with E-state index in [-0.39, 0.29) is 18.0 Å². The number of benzene rings is 2. The quantitative estimate of drug-likeness (QED) is 0.557. The summed E-state index contributed by atoms with van der Waals surface area (Å²) in [7, 11) is 0. The lowest BCUT2D eigenvalue weighted by Crippen LogP contribution is -2.35. The predicted molar refractivity (Wildman–Crippen MR) is 108 cm³/mol. The van der Waals surface area contributed by atoms with E-state index in [0.29, 0.717) is 16.3 Å². The van der Waals surface area contributed by atoms with Crippen LogP contribution in [-0.2, 0) is 0 Å². The van der Waals surface area contributed by atoms with Gasteiger partial charge in [0, 0.05) is 28.1 Å². The lowest BCUT2D eigenvalue weighted by molar-refractivity contribution is 0.0732. The van der Waals surface area contributed by atoms with Crippen LogP contribution in [0.1, 0.15) is 46.7 Å². The van der Waals surface area contributed by atoms with E-state index in [4.69, 9.17) is 11.6 Å². The van der Waals surface area contributed by atoms with Gasteiger partial charge < -0.3 is 4.57 Å². The van der Waals surface area contributed by atoms with E-state index in [1.807, 2.05) is 79.9 Å². The van der Waals surface area contributed by atoms with Gasteiger partial charge >= 0.3 is 0 Å². The Hall–Kier alpha value is -2.65. The van der Waals surface area contributed by atoms with Gasteiger partial charge in [0.25, 0.3) is 0 Å². The summed E-state index contributed by atoms with van der Waals surface area (Å²) in [6.07, 6.45) is 0.233. The minimum absolute atomic E-state index is 0.00196. The van der Waals surface area contributed by atoms with Gasteiger partial charge in [-0.3, -0.25) is 9.59 Å². The van der Waals surface area contributed by atoms with E-state index < -0.39 is 5.41 Å². The first-order valence-corrected chi connectivity index (χ1v) is 9.32. The number of carbonyl (C=O) groups excluding carboxylic acids is 2. The first-order valence-electron chi connectivity index (χ1n) is 8.95. The van der Waals surface area contributed by atoms with Crippen LogP contribution in [0.25, 0.3) is 16.9 Å². The van der Waals surface area contributed by atoms with Gasteiger partial charge in [-0.2, -0.15) is 0 Å². The second kappa shape index (κ2) is 6.21. The van der Waals surface area contributed by atoms with Crippen LogP contribution in [0.3, 0.4) is 0 Å². The largest absolute Gasteiger partial charge is 0.306 e. The molecule has 0 radical (unpaired) electrons. The van der Waals surface area contributed by atoms with Crippen LogP contribution < -0.4 is 0 Å². The Kier molecular flexibility index (Phi) is 4.08. The molecule has 0 bridgehead atoms. The highest BCUT2D eigenvalue weighted by Crippen LogP contribution is 2.40. The Balaban J connectivity index is 2.04. The maximum Gasteiger partial charge on any atom is 0.186 e. The molecule has 27 heavy (non-hydrogen) atoms. The molecule has 0 unspecified atom stereocenters. The number of nitrogens with zero attached hydrogens (tertiary/aromatic N) is 1. The molecule has 1 aromatic heterocycles. The van der Waals surface area contributed by atoms with Gasteiger partial charge in [0.15, 0.2) is 11.6 Å². The normalized spacial score (nSPS) is 15.7. The van der Waals surface area contributed by atoms with Crippen molar-refractivity contribution in [1.82, 2.24) is 4.57 Å². The fraction of sp³-hybridized carbons (Fsp3) is 0.217. The number of rotatable bonds is 2. The van der Waals surface area contributed by atoms with Gasteiger partial charge in [-0.1, -0.05) is 55.3 Å². The van der Waals surface area contributed by atoms with Crippen LogP contribution in [0.15, 0.2) is 54.6 Å². The van der Waals surface area contributed by atoms with Gasteiger partial charge in [-0.25, -0.2) is 0 Å². The molecule has 3 nitrogen and oxygen atoms in total. The lowest BCUT2D eigenvalue weighted by atomic mass is 9.75. The molecule has 0 N–H and O–H groups in total. The topological polar surface area (TPSA) is 39.1 Å². The van der Waals surface area contributed by atoms with Crippen molar-refractivity contribution in [3.63, 3.8) is 0 Å². The number of aryl methyl sites for hydroxylation is 1. The zero-order valence-electron chi connectivity index (χ0n) is 15.5. The Morgan fingerprint density at radius 1 is 0.963 bits per heavy atom. The van der Waals surface area contributed by atoms with E-state index in [1.165, 1.54) is 0 Å². The molecule has 0 atom stereocenters. The number of aromatic nitrogens is 1. The molecule has 0 saturated carbocycles. The van der Waals surface area contributed by atoms with Gasteiger partial charge in [-0.15, -0.1) is 0 Å². The maximum atomic E-state index is 13.2. The maximum absolute atomic E-state index is 13.2. The monoisotopic (exact) mass is 377 g/mol. The summed E-state index contributed by atoms with van der Waals surface area (Å²) in [6, 6.07) is 17.3. The molecule has 0 saturated heterocycles. The van der Waals surface area contributed by atoms with Crippen molar-refractivity contribution in [2.45, 2.75) is 27.2 Å². The molecule has 1 heterocycles. The summed E-state index contributed by atoms with van der Waals surface area (Å²) in [4.78, 5) is 26.0. The second-order valence-corrected chi connectivity index (χ2v) is 8.22. The van der Waals surface area contributed by atoms with E-state index in [1.54, 1.807) is 0 Å². The van der Waals surface area contributed by atoms with E-state index in [0.717, 1.165) is 22.5 Å². The average molecular weight is 378 g/mol. The molecule has 2 aromatic carbocycles. The van der Waals surface area contributed by atoms with E-state index >= 15 is 0 Å². The zero-order chi connectivity index (χ0) is 19.3. The van der Waals surface area contributed by atoms with Crippen molar-refractivity contribution in [1.29, 1.82) is 0 Å². The lowest BCUT2D eigenvalue weighted by Gasteiger charge is -2.28. The van der Waals surface area contributed by atoms with Crippen LogP contribution in [0, 0.1) is 12.3 Å². The molecule has 136 valence electrons. The zero-order valence-corrected chi connectivity index (χ0v) is 16.3. The van der Waals surface area contributed by atoms with Crippen molar-refractivity contribution >= 4 is 23.2 Å². The predicted octanol–water partition coefficient (Wildman–Crippen LogP) is 5.90. The van der Waals surface area contributed by atoms with E-state index in [2.05, 4.69) is 0 Å². The summed E-state index contributed by atoms with van der Waals surface area (Å²) in [5.41, 5.74) is 4.01. The fourth-order valence-corrected chi connectivity index (χ4v) is 3.77. The number of ketones is 2. The highest BCUT2D eigenvalue weighted by molar-refractivity contribution is 6.30. The highest BCUT2D eigenvalue weighted by atomic mass is 35.5. The molecule has 0 amide bonds. The summed E-state index contributed by atoms with van der Waals surface area (Å²) < 4.78 is 1.92. The number of Topliss-reactive ketones (excluding diaryl/α,β-unsaturated/α-hetero) is 2. The molecule has 0 aliphatic heterocycles. The Morgan fingerprint density at radius 2 is 1.59 bits per heavy atom. The minimum atomic E-state index is -0.706. The standard InChI is InChI=1S/C23H20ClNO2/c1-14-4-10-17(11-5-14)25-19(15-6-8-16(24)9-7-15)12-18-20(26)13-23(2,3)22(27)21(18)25/h4-12H,13H2,1-3H3. The van der Waals surface area contributed by atoms with Crippen LogP contribution in [0.2, 0.25) is 5.02 Å². The summed E-state index contributed by atoms with van der Waals surface area (Å²) >= 11 is 6.04. The molecule has 0 fully saturated rings. The van der Waals surface area contributed by atoms with E-state index in [9.17, 15) is 9.59 Å². The third-order valence-corrected chi connectivity index (χ3v) is 5.42. The first kappa shape index (κ1) is 17.7. The number of hydrogen-bond acceptors (Lipinski definition) is 2. The van der Waals surface area contributed by atoms with Gasteiger partial charge in [0.05, 0.1) is 5.69 Å². The average Bonchev–Trinajstić information content (AvgIpc) is 3.02.